The molecule has 474 valence electrons. The lowest BCUT2D eigenvalue weighted by atomic mass is 10.0. The van der Waals surface area contributed by atoms with Crippen LogP contribution in [0.1, 0.15) is 393 Å². The Morgan fingerprint density at radius 1 is 0.259 bits per heavy atom. The molecule has 0 aromatic rings. The molecule has 0 radical (unpaired) electrons. The molecule has 81 heavy (non-hydrogen) atoms. The van der Waals surface area contributed by atoms with Crippen molar-refractivity contribution in [1.82, 2.24) is 0 Å². The van der Waals surface area contributed by atoms with Crippen molar-refractivity contribution in [2.75, 3.05) is 13.2 Å². The minimum Gasteiger partial charge on any atom is -0.462 e. The fourth-order valence-electron chi connectivity index (χ4n) is 11.0. The molecule has 1 atom stereocenters. The van der Waals surface area contributed by atoms with Crippen LogP contribution in [-0.2, 0) is 28.6 Å². The van der Waals surface area contributed by atoms with Crippen LogP contribution in [0.15, 0.2) is 48.6 Å². The Morgan fingerprint density at radius 2 is 0.481 bits per heavy atom. The first kappa shape index (κ1) is 78.4. The normalized spacial score (nSPS) is 12.3. The molecule has 0 aliphatic heterocycles. The molecule has 0 N–H and O–H groups in total. The van der Waals surface area contributed by atoms with Gasteiger partial charge in [-0.15, -0.1) is 0 Å². The molecule has 0 saturated heterocycles. The summed E-state index contributed by atoms with van der Waals surface area (Å²) in [4.78, 5) is 38.5. The minimum atomic E-state index is -0.778. The van der Waals surface area contributed by atoms with Crippen LogP contribution in [0, 0.1) is 0 Å². The predicted octanol–water partition coefficient (Wildman–Crippen LogP) is 24.9. The zero-order valence-corrected chi connectivity index (χ0v) is 54.6. The summed E-state index contributed by atoms with van der Waals surface area (Å²) >= 11 is 0. The van der Waals surface area contributed by atoms with Gasteiger partial charge in [-0.1, -0.05) is 365 Å². The molecule has 0 bridgehead atoms. The minimum absolute atomic E-state index is 0.0720. The van der Waals surface area contributed by atoms with E-state index in [-0.39, 0.29) is 31.1 Å². The average Bonchev–Trinajstić information content (AvgIpc) is 3.47. The molecule has 0 rings (SSSR count). The van der Waals surface area contributed by atoms with Crippen molar-refractivity contribution in [2.45, 2.75) is 399 Å². The Morgan fingerprint density at radius 3 is 0.753 bits per heavy atom. The fraction of sp³-hybridized carbons (Fsp3) is 0.853. The van der Waals surface area contributed by atoms with Crippen LogP contribution >= 0.6 is 0 Å². The summed E-state index contributed by atoms with van der Waals surface area (Å²) in [6, 6.07) is 0. The SMILES string of the molecule is CC/C=C\C/C=C\C/C=C\C/C=C\CCCCCCCCC(=O)OCC(COC(=O)CCCCCCCCCCCCCCCCCCCCCCCCCC)OC(=O)CCCCCCCCCCCCCCCCCCCCCC. The van der Waals surface area contributed by atoms with E-state index in [1.54, 1.807) is 0 Å². The summed E-state index contributed by atoms with van der Waals surface area (Å²) in [5.41, 5.74) is 0. The zero-order valence-electron chi connectivity index (χ0n) is 54.6. The summed E-state index contributed by atoms with van der Waals surface area (Å²) in [5.74, 6) is -0.855. The number of rotatable bonds is 67. The third-order valence-electron chi connectivity index (χ3n) is 16.3. The zero-order chi connectivity index (χ0) is 58.5. The average molecular weight is 1140 g/mol. The van der Waals surface area contributed by atoms with Crippen molar-refractivity contribution in [3.8, 4) is 0 Å². The number of esters is 3. The summed E-state index contributed by atoms with van der Waals surface area (Å²) in [6.07, 6.45) is 88.6. The van der Waals surface area contributed by atoms with Gasteiger partial charge in [0.25, 0.3) is 0 Å². The van der Waals surface area contributed by atoms with Crippen molar-refractivity contribution in [3.05, 3.63) is 48.6 Å². The van der Waals surface area contributed by atoms with Crippen molar-refractivity contribution < 1.29 is 28.6 Å². The third-order valence-corrected chi connectivity index (χ3v) is 16.3. The number of hydrogen-bond acceptors (Lipinski definition) is 6. The molecule has 0 fully saturated rings. The second-order valence-corrected chi connectivity index (χ2v) is 24.5. The van der Waals surface area contributed by atoms with Crippen LogP contribution in [0.2, 0.25) is 0 Å². The van der Waals surface area contributed by atoms with Gasteiger partial charge in [-0.05, 0) is 57.8 Å². The van der Waals surface area contributed by atoms with Crippen LogP contribution in [0.3, 0.4) is 0 Å². The smallest absolute Gasteiger partial charge is 0.306 e. The Kier molecular flexibility index (Phi) is 67.6. The van der Waals surface area contributed by atoms with Crippen molar-refractivity contribution >= 4 is 17.9 Å². The quantitative estimate of drug-likeness (QED) is 0.0261. The summed E-state index contributed by atoms with van der Waals surface area (Å²) in [6.45, 7) is 6.60. The Hall–Kier alpha value is -2.63. The first-order chi connectivity index (χ1) is 40.0. The van der Waals surface area contributed by atoms with E-state index in [0.717, 1.165) is 89.9 Å². The van der Waals surface area contributed by atoms with Gasteiger partial charge in [0.05, 0.1) is 0 Å². The first-order valence-corrected chi connectivity index (χ1v) is 36.1. The molecule has 0 saturated carbocycles. The third kappa shape index (κ3) is 68.0. The Labute approximate surface area is 505 Å². The summed E-state index contributed by atoms with van der Waals surface area (Å²) < 4.78 is 17.0. The highest BCUT2D eigenvalue weighted by atomic mass is 16.6. The maximum absolute atomic E-state index is 13.0. The van der Waals surface area contributed by atoms with Crippen LogP contribution in [-0.4, -0.2) is 37.2 Å². The number of carbonyl (C=O) groups is 3. The summed E-state index contributed by atoms with van der Waals surface area (Å²) in [7, 11) is 0. The molecule has 0 aliphatic rings. The Bertz CT molecular complexity index is 1400. The number of carbonyl (C=O) groups excluding carboxylic acids is 3. The molecule has 6 nitrogen and oxygen atoms in total. The predicted molar refractivity (Wildman–Crippen MR) is 353 cm³/mol. The van der Waals surface area contributed by atoms with Crippen LogP contribution in [0.25, 0.3) is 0 Å². The fourth-order valence-corrected chi connectivity index (χ4v) is 11.0. The van der Waals surface area contributed by atoms with E-state index in [0.29, 0.717) is 19.3 Å². The number of ether oxygens (including phenoxy) is 3. The maximum atomic E-state index is 13.0. The number of unbranched alkanes of at least 4 members (excludes halogenated alkanes) is 48. The molecule has 0 heterocycles. The van der Waals surface area contributed by atoms with Gasteiger partial charge < -0.3 is 14.2 Å². The van der Waals surface area contributed by atoms with Gasteiger partial charge in [0.2, 0.25) is 0 Å². The Balaban J connectivity index is 4.31. The molecule has 0 aromatic carbocycles. The van der Waals surface area contributed by atoms with E-state index in [1.165, 1.54) is 263 Å². The molecule has 6 heteroatoms. The second-order valence-electron chi connectivity index (χ2n) is 24.5. The van der Waals surface area contributed by atoms with Gasteiger partial charge >= 0.3 is 17.9 Å². The largest absolute Gasteiger partial charge is 0.462 e. The number of allylic oxidation sites excluding steroid dienone is 8. The molecular weight excluding hydrogens is 997 g/mol. The second kappa shape index (κ2) is 69.9. The molecular formula is C75H138O6. The van der Waals surface area contributed by atoms with Gasteiger partial charge in [0.15, 0.2) is 6.10 Å². The molecule has 0 aliphatic carbocycles. The monoisotopic (exact) mass is 1140 g/mol. The van der Waals surface area contributed by atoms with Gasteiger partial charge in [-0.3, -0.25) is 14.4 Å². The van der Waals surface area contributed by atoms with Crippen molar-refractivity contribution in [3.63, 3.8) is 0 Å². The van der Waals surface area contributed by atoms with E-state index < -0.39 is 6.10 Å². The van der Waals surface area contributed by atoms with E-state index in [1.807, 2.05) is 0 Å². The lowest BCUT2D eigenvalue weighted by molar-refractivity contribution is -0.167. The first-order valence-electron chi connectivity index (χ1n) is 36.1. The van der Waals surface area contributed by atoms with Gasteiger partial charge in [-0.2, -0.15) is 0 Å². The molecule has 0 amide bonds. The van der Waals surface area contributed by atoms with Gasteiger partial charge in [-0.25, -0.2) is 0 Å². The van der Waals surface area contributed by atoms with Crippen molar-refractivity contribution in [2.24, 2.45) is 0 Å². The van der Waals surface area contributed by atoms with Crippen LogP contribution in [0.5, 0.6) is 0 Å². The standard InChI is InChI=1S/C75H138O6/c1-4-7-10-13-16-19-22-25-28-31-34-36-37-38-39-42-44-47-50-53-56-59-62-65-68-74(77)80-71-72(70-79-73(76)67-64-61-58-55-52-49-46-43-40-33-30-27-24-21-18-15-12-9-6-3)81-75(78)69-66-63-60-57-54-51-48-45-41-35-32-29-26-23-20-17-14-11-8-5-2/h9,12,18,21,27,30,40,43,72H,4-8,10-11,13-17,19-20,22-26,28-29,31-39,41-42,44-71H2,1-3H3/b12-9-,21-18-,30-27-,43-40-. The topological polar surface area (TPSA) is 78.9 Å². The highest BCUT2D eigenvalue weighted by molar-refractivity contribution is 5.71. The van der Waals surface area contributed by atoms with Crippen molar-refractivity contribution in [1.29, 1.82) is 0 Å². The number of hydrogen-bond donors (Lipinski definition) is 0. The summed E-state index contributed by atoms with van der Waals surface area (Å²) in [5, 5.41) is 0. The molecule has 0 spiro atoms. The van der Waals surface area contributed by atoms with E-state index in [9.17, 15) is 14.4 Å². The maximum Gasteiger partial charge on any atom is 0.306 e. The van der Waals surface area contributed by atoms with E-state index in [4.69, 9.17) is 14.2 Å². The van der Waals surface area contributed by atoms with E-state index >= 15 is 0 Å². The highest BCUT2D eigenvalue weighted by Crippen LogP contribution is 2.19. The molecule has 1 unspecified atom stereocenters. The lowest BCUT2D eigenvalue weighted by Crippen LogP contribution is -2.30. The van der Waals surface area contributed by atoms with Crippen LogP contribution in [0.4, 0.5) is 0 Å². The lowest BCUT2D eigenvalue weighted by Gasteiger charge is -2.18. The van der Waals surface area contributed by atoms with Gasteiger partial charge in [0.1, 0.15) is 13.2 Å². The molecule has 0 aromatic heterocycles. The van der Waals surface area contributed by atoms with Crippen LogP contribution < -0.4 is 0 Å². The highest BCUT2D eigenvalue weighted by Gasteiger charge is 2.19. The van der Waals surface area contributed by atoms with Gasteiger partial charge in [0, 0.05) is 19.3 Å². The van der Waals surface area contributed by atoms with E-state index in [2.05, 4.69) is 69.4 Å².